The molecule has 2 heterocycles. The fourth-order valence-electron chi connectivity index (χ4n) is 6.38. The van der Waals surface area contributed by atoms with Gasteiger partial charge in [0.2, 0.25) is 0 Å². The maximum Gasteiger partial charge on any atom is 0.264 e. The van der Waals surface area contributed by atoms with Crippen molar-refractivity contribution in [3.05, 3.63) is 89.5 Å². The molecule has 1 saturated heterocycles. The Morgan fingerprint density at radius 3 is 2.40 bits per heavy atom. The van der Waals surface area contributed by atoms with Crippen molar-refractivity contribution >= 4 is 23.2 Å². The van der Waals surface area contributed by atoms with Crippen molar-refractivity contribution in [2.45, 2.75) is 51.1 Å². The second-order valence-electron chi connectivity index (χ2n) is 11.1. The predicted molar refractivity (Wildman–Crippen MR) is 151 cm³/mol. The minimum absolute atomic E-state index is 0.152. The Hall–Kier alpha value is -3.75. The summed E-state index contributed by atoms with van der Waals surface area (Å²) >= 11 is 0. The number of rotatable bonds is 8. The van der Waals surface area contributed by atoms with Crippen molar-refractivity contribution in [2.24, 2.45) is 11.8 Å². The van der Waals surface area contributed by atoms with Crippen LogP contribution >= 0.6 is 0 Å². The summed E-state index contributed by atoms with van der Waals surface area (Å²) in [6.07, 6.45) is -0.339. The third-order valence-corrected chi connectivity index (χ3v) is 8.19. The van der Waals surface area contributed by atoms with E-state index >= 15 is 4.39 Å². The van der Waals surface area contributed by atoms with Gasteiger partial charge in [0.15, 0.2) is 5.60 Å². The minimum Gasteiger partial charge on any atom is -0.497 e. The molecule has 1 fully saturated rings. The number of carbonyl (C=O) groups is 2. The van der Waals surface area contributed by atoms with E-state index in [0.29, 0.717) is 17.0 Å². The lowest BCUT2D eigenvalue weighted by atomic mass is 9.71. The Kier molecular flexibility index (Phi) is 7.42. The van der Waals surface area contributed by atoms with Gasteiger partial charge in [-0.05, 0) is 68.3 Å². The van der Waals surface area contributed by atoms with Crippen molar-refractivity contribution in [1.82, 2.24) is 0 Å². The van der Waals surface area contributed by atoms with E-state index in [1.165, 1.54) is 13.8 Å². The molecule has 40 heavy (non-hydrogen) atoms. The van der Waals surface area contributed by atoms with Crippen LogP contribution in [-0.4, -0.2) is 42.4 Å². The standard InChI is InChI=1S/C32H35FN2O5/c1-20-28(31(2,3)33)27(17-18-36)40-32(20)25-7-5-6-8-26(25)35(30(32)38)19-21-9-13-23(14-10-21)34-29(37)22-11-15-24(39-4)16-12-22/h5-16,20,27-28,36H,17-19H2,1-4H3,(H,34,37)/t20-,27+,28-,32+/m1/s1. The van der Waals surface area contributed by atoms with Crippen LogP contribution in [0.1, 0.15) is 48.7 Å². The third kappa shape index (κ3) is 4.75. The largest absolute Gasteiger partial charge is 0.497 e. The highest BCUT2D eigenvalue weighted by atomic mass is 19.1. The van der Waals surface area contributed by atoms with Gasteiger partial charge < -0.3 is 24.8 Å². The summed E-state index contributed by atoms with van der Waals surface area (Å²) in [5.74, 6) is -0.807. The molecule has 0 aromatic heterocycles. The van der Waals surface area contributed by atoms with Gasteiger partial charge in [-0.15, -0.1) is 0 Å². The maximum absolute atomic E-state index is 15.5. The Bertz CT molecular complexity index is 1390. The molecule has 0 aliphatic carbocycles. The summed E-state index contributed by atoms with van der Waals surface area (Å²) in [5, 5.41) is 12.6. The number of nitrogens with one attached hydrogen (secondary N) is 1. The predicted octanol–water partition coefficient (Wildman–Crippen LogP) is 5.47. The summed E-state index contributed by atoms with van der Waals surface area (Å²) in [5.41, 5.74) is 0.537. The topological polar surface area (TPSA) is 88.1 Å². The molecule has 210 valence electrons. The normalized spacial score (nSPS) is 23.9. The Morgan fingerprint density at radius 1 is 1.10 bits per heavy atom. The minimum atomic E-state index is -1.60. The third-order valence-electron chi connectivity index (χ3n) is 8.19. The van der Waals surface area contributed by atoms with E-state index in [0.717, 1.165) is 16.8 Å². The number of aliphatic hydroxyl groups excluding tert-OH is 1. The molecule has 2 N–H and O–H groups in total. The number of hydrogen-bond donors (Lipinski definition) is 2. The van der Waals surface area contributed by atoms with Gasteiger partial charge in [0.1, 0.15) is 11.4 Å². The Balaban J connectivity index is 1.38. The van der Waals surface area contributed by atoms with Gasteiger partial charge in [-0.25, -0.2) is 4.39 Å². The van der Waals surface area contributed by atoms with Crippen LogP contribution in [-0.2, 0) is 21.7 Å². The molecule has 0 bridgehead atoms. The number of benzene rings is 3. The van der Waals surface area contributed by atoms with Crippen LogP contribution in [0.25, 0.3) is 0 Å². The van der Waals surface area contributed by atoms with Crippen molar-refractivity contribution in [2.75, 3.05) is 23.9 Å². The van der Waals surface area contributed by atoms with Crippen molar-refractivity contribution < 1.29 is 28.6 Å². The average Bonchev–Trinajstić information content (AvgIpc) is 3.36. The van der Waals surface area contributed by atoms with E-state index in [4.69, 9.17) is 9.47 Å². The first-order valence-corrected chi connectivity index (χ1v) is 13.5. The number of para-hydroxylation sites is 1. The summed E-state index contributed by atoms with van der Waals surface area (Å²) in [6.45, 7) is 5.04. The number of hydrogen-bond acceptors (Lipinski definition) is 5. The molecule has 0 unspecified atom stereocenters. The summed E-state index contributed by atoms with van der Waals surface area (Å²) in [6, 6.07) is 21.7. The van der Waals surface area contributed by atoms with Gasteiger partial charge >= 0.3 is 0 Å². The zero-order valence-electron chi connectivity index (χ0n) is 23.2. The fraction of sp³-hybridized carbons (Fsp3) is 0.375. The van der Waals surface area contributed by atoms with Gasteiger partial charge in [-0.3, -0.25) is 9.59 Å². The van der Waals surface area contributed by atoms with Crippen molar-refractivity contribution in [3.8, 4) is 5.75 Å². The van der Waals surface area contributed by atoms with Gasteiger partial charge in [-0.2, -0.15) is 0 Å². The zero-order chi connectivity index (χ0) is 28.7. The van der Waals surface area contributed by atoms with Crippen LogP contribution in [0.4, 0.5) is 15.8 Å². The van der Waals surface area contributed by atoms with Crippen LogP contribution < -0.4 is 15.0 Å². The van der Waals surface area contributed by atoms with E-state index in [2.05, 4.69) is 5.32 Å². The molecule has 3 aromatic rings. The number of anilines is 2. The number of carbonyl (C=O) groups excluding carboxylic acids is 2. The van der Waals surface area contributed by atoms with E-state index in [1.807, 2.05) is 43.3 Å². The smallest absolute Gasteiger partial charge is 0.264 e. The summed E-state index contributed by atoms with van der Waals surface area (Å²) < 4.78 is 27.1. The Morgan fingerprint density at radius 2 is 1.77 bits per heavy atom. The van der Waals surface area contributed by atoms with Gasteiger partial charge in [0, 0.05) is 35.3 Å². The first kappa shape index (κ1) is 27.8. The average molecular weight is 547 g/mol. The number of aliphatic hydroxyl groups is 1. The van der Waals surface area contributed by atoms with Crippen LogP contribution in [0.2, 0.25) is 0 Å². The highest BCUT2D eigenvalue weighted by Gasteiger charge is 2.65. The summed E-state index contributed by atoms with van der Waals surface area (Å²) in [7, 11) is 1.57. The molecule has 8 heteroatoms. The maximum atomic E-state index is 15.5. The first-order chi connectivity index (χ1) is 19.1. The SMILES string of the molecule is COc1ccc(C(=O)Nc2ccc(CN3C(=O)[C@@]4(O[C@@H](CCO)[C@H](C(C)(C)F)[C@H]4C)c4ccccc43)cc2)cc1. The second kappa shape index (κ2) is 10.7. The van der Waals surface area contributed by atoms with E-state index in [1.54, 1.807) is 48.4 Å². The molecular formula is C32H35FN2O5. The van der Waals surface area contributed by atoms with E-state index in [-0.39, 0.29) is 31.4 Å². The highest BCUT2D eigenvalue weighted by molar-refractivity contribution is 6.07. The number of alkyl halides is 1. The number of fused-ring (bicyclic) bond motifs is 2. The van der Waals surface area contributed by atoms with Crippen LogP contribution in [0.3, 0.4) is 0 Å². The number of methoxy groups -OCH3 is 1. The molecule has 1 spiro atoms. The molecule has 2 aliphatic heterocycles. The molecule has 0 radical (unpaired) electrons. The zero-order valence-corrected chi connectivity index (χ0v) is 23.2. The second-order valence-corrected chi connectivity index (χ2v) is 11.1. The monoisotopic (exact) mass is 546 g/mol. The number of nitrogens with zero attached hydrogens (tertiary/aromatic N) is 1. The summed E-state index contributed by atoms with van der Waals surface area (Å²) in [4.78, 5) is 28.5. The quantitative estimate of drug-likeness (QED) is 0.391. The molecule has 2 amide bonds. The molecule has 2 aliphatic rings. The molecule has 3 aromatic carbocycles. The fourth-order valence-corrected chi connectivity index (χ4v) is 6.38. The lowest BCUT2D eigenvalue weighted by Crippen LogP contribution is -2.45. The van der Waals surface area contributed by atoms with Crippen LogP contribution in [0.15, 0.2) is 72.8 Å². The molecular weight excluding hydrogens is 511 g/mol. The molecule has 5 rings (SSSR count). The molecule has 0 saturated carbocycles. The number of amides is 2. The number of halogens is 1. The Labute approximate surface area is 233 Å². The first-order valence-electron chi connectivity index (χ1n) is 13.5. The highest BCUT2D eigenvalue weighted by Crippen LogP contribution is 2.58. The van der Waals surface area contributed by atoms with Crippen molar-refractivity contribution in [3.63, 3.8) is 0 Å². The van der Waals surface area contributed by atoms with Crippen LogP contribution in [0, 0.1) is 11.8 Å². The number of ether oxygens (including phenoxy) is 2. The van der Waals surface area contributed by atoms with Gasteiger partial charge in [0.25, 0.3) is 11.8 Å². The van der Waals surface area contributed by atoms with Crippen molar-refractivity contribution in [1.29, 1.82) is 0 Å². The van der Waals surface area contributed by atoms with Gasteiger partial charge in [0.05, 0.1) is 25.4 Å². The molecule has 4 atom stereocenters. The molecule has 7 nitrogen and oxygen atoms in total. The van der Waals surface area contributed by atoms with Crippen LogP contribution in [0.5, 0.6) is 5.75 Å². The van der Waals surface area contributed by atoms with Gasteiger partial charge in [-0.1, -0.05) is 37.3 Å². The lowest BCUT2D eigenvalue weighted by molar-refractivity contribution is -0.146. The lowest BCUT2D eigenvalue weighted by Gasteiger charge is -2.32. The van der Waals surface area contributed by atoms with E-state index < -0.39 is 29.2 Å². The van der Waals surface area contributed by atoms with E-state index in [9.17, 15) is 14.7 Å².